The van der Waals surface area contributed by atoms with Gasteiger partial charge in [-0.25, -0.2) is 8.42 Å². The van der Waals surface area contributed by atoms with Gasteiger partial charge in [-0.2, -0.15) is 4.31 Å². The Morgan fingerprint density at radius 1 is 1.04 bits per heavy atom. The number of hydrogen-bond donors (Lipinski definition) is 0. The van der Waals surface area contributed by atoms with Gasteiger partial charge in [-0.1, -0.05) is 6.07 Å². The zero-order chi connectivity index (χ0) is 20.5. The minimum Gasteiger partial charge on any atom is -0.372 e. The average Bonchev–Trinajstić information content (AvgIpc) is 2.63. The summed E-state index contributed by atoms with van der Waals surface area (Å²) in [7, 11) is -3.49. The van der Waals surface area contributed by atoms with Crippen LogP contribution in [0.3, 0.4) is 0 Å². The number of sulfonamides is 1. The van der Waals surface area contributed by atoms with Gasteiger partial charge in [0.25, 0.3) is 0 Å². The minimum atomic E-state index is -3.49. The summed E-state index contributed by atoms with van der Waals surface area (Å²) in [5.41, 5.74) is 2.05. The van der Waals surface area contributed by atoms with Crippen LogP contribution in [0.1, 0.15) is 25.0 Å². The highest BCUT2D eigenvalue weighted by Crippen LogP contribution is 2.20. The number of morpholine rings is 1. The highest BCUT2D eigenvalue weighted by molar-refractivity contribution is 7.89. The van der Waals surface area contributed by atoms with Crippen LogP contribution < -0.4 is 0 Å². The maximum atomic E-state index is 12.9. The number of nitrogens with zero attached hydrogens (tertiary/aromatic N) is 3. The molecule has 0 radical (unpaired) electrons. The number of amides is 1. The van der Waals surface area contributed by atoms with Crippen molar-refractivity contribution in [3.63, 3.8) is 0 Å². The van der Waals surface area contributed by atoms with Gasteiger partial charge >= 0.3 is 0 Å². The van der Waals surface area contributed by atoms with Gasteiger partial charge in [-0.3, -0.25) is 9.69 Å². The van der Waals surface area contributed by atoms with Crippen molar-refractivity contribution >= 4 is 15.9 Å². The van der Waals surface area contributed by atoms with Crippen molar-refractivity contribution < 1.29 is 17.9 Å². The van der Waals surface area contributed by atoms with E-state index in [-0.39, 0.29) is 18.1 Å². The maximum Gasteiger partial charge on any atom is 0.243 e. The molecule has 1 amide bonds. The van der Waals surface area contributed by atoms with Crippen LogP contribution in [0.4, 0.5) is 0 Å². The lowest BCUT2D eigenvalue weighted by molar-refractivity contribution is -0.144. The van der Waals surface area contributed by atoms with Crippen molar-refractivity contribution in [1.29, 1.82) is 0 Å². The van der Waals surface area contributed by atoms with Crippen molar-refractivity contribution in [2.24, 2.45) is 0 Å². The van der Waals surface area contributed by atoms with Gasteiger partial charge in [0, 0.05) is 39.3 Å². The smallest absolute Gasteiger partial charge is 0.243 e. The Morgan fingerprint density at radius 2 is 1.64 bits per heavy atom. The largest absolute Gasteiger partial charge is 0.372 e. The molecule has 3 rings (SSSR count). The predicted octanol–water partition coefficient (Wildman–Crippen LogP) is 1.25. The number of carbonyl (C=O) groups is 1. The molecule has 0 aromatic heterocycles. The molecular formula is C20H31N3O4S. The van der Waals surface area contributed by atoms with Gasteiger partial charge in [0.1, 0.15) is 0 Å². The molecule has 1 aromatic carbocycles. The number of carbonyl (C=O) groups excluding carboxylic acids is 1. The van der Waals surface area contributed by atoms with Crippen LogP contribution in [-0.2, 0) is 19.6 Å². The lowest BCUT2D eigenvalue weighted by Crippen LogP contribution is -2.54. The Bertz CT molecular complexity index is 809. The van der Waals surface area contributed by atoms with Crippen LogP contribution in [0.5, 0.6) is 0 Å². The summed E-state index contributed by atoms with van der Waals surface area (Å²) in [6.07, 6.45) is 0.0975. The molecular weight excluding hydrogens is 378 g/mol. The highest BCUT2D eigenvalue weighted by Gasteiger charge is 2.31. The summed E-state index contributed by atoms with van der Waals surface area (Å²) in [5, 5.41) is 0. The van der Waals surface area contributed by atoms with Crippen molar-refractivity contribution in [3.8, 4) is 0 Å². The maximum absolute atomic E-state index is 12.9. The molecule has 8 heteroatoms. The Morgan fingerprint density at radius 3 is 2.21 bits per heavy atom. The van der Waals surface area contributed by atoms with E-state index in [2.05, 4.69) is 0 Å². The second-order valence-electron chi connectivity index (χ2n) is 7.98. The van der Waals surface area contributed by atoms with Crippen molar-refractivity contribution in [3.05, 3.63) is 29.3 Å². The number of benzene rings is 1. The molecule has 1 aromatic rings. The lowest BCUT2D eigenvalue weighted by atomic mass is 10.1. The normalized spacial score (nSPS) is 25.1. The first kappa shape index (κ1) is 21.2. The second kappa shape index (κ2) is 8.49. The summed E-state index contributed by atoms with van der Waals surface area (Å²) in [6.45, 7) is 11.3. The molecule has 0 spiro atoms. The Balaban J connectivity index is 1.56. The molecule has 2 fully saturated rings. The van der Waals surface area contributed by atoms with Crippen LogP contribution in [0.2, 0.25) is 0 Å². The fraction of sp³-hybridized carbons (Fsp3) is 0.650. The molecule has 7 nitrogen and oxygen atoms in total. The molecule has 0 aliphatic carbocycles. The number of ether oxygens (including phenoxy) is 1. The molecule has 2 saturated heterocycles. The molecule has 156 valence electrons. The molecule has 2 atom stereocenters. The topological polar surface area (TPSA) is 70.2 Å². The van der Waals surface area contributed by atoms with E-state index in [0.29, 0.717) is 50.7 Å². The minimum absolute atomic E-state index is 0.0488. The number of rotatable bonds is 4. The highest BCUT2D eigenvalue weighted by atomic mass is 32.2. The Labute approximate surface area is 168 Å². The van der Waals surface area contributed by atoms with E-state index < -0.39 is 10.0 Å². The second-order valence-corrected chi connectivity index (χ2v) is 9.92. The SMILES string of the molecule is Cc1ccc(S(=O)(=O)N2CCN(CC(=O)N3C[C@@H](C)O[C@H](C)C3)CC2)cc1C. The molecule has 0 N–H and O–H groups in total. The molecule has 2 aliphatic heterocycles. The van der Waals surface area contributed by atoms with Crippen LogP contribution in [-0.4, -0.2) is 86.5 Å². The van der Waals surface area contributed by atoms with Gasteiger partial charge < -0.3 is 9.64 Å². The van der Waals surface area contributed by atoms with Gasteiger partial charge in [0.15, 0.2) is 0 Å². The number of piperazine rings is 1. The van der Waals surface area contributed by atoms with Crippen molar-refractivity contribution in [2.75, 3.05) is 45.8 Å². The quantitative estimate of drug-likeness (QED) is 0.749. The third-order valence-corrected chi connectivity index (χ3v) is 7.47. The monoisotopic (exact) mass is 409 g/mol. The third-order valence-electron chi connectivity index (χ3n) is 5.58. The lowest BCUT2D eigenvalue weighted by Gasteiger charge is -2.38. The molecule has 28 heavy (non-hydrogen) atoms. The van der Waals surface area contributed by atoms with E-state index in [1.165, 1.54) is 4.31 Å². The van der Waals surface area contributed by atoms with Crippen molar-refractivity contribution in [2.45, 2.75) is 44.8 Å². The average molecular weight is 410 g/mol. The van der Waals surface area contributed by atoms with Crippen LogP contribution in [0.15, 0.2) is 23.1 Å². The van der Waals surface area contributed by atoms with E-state index in [0.717, 1.165) is 11.1 Å². The third kappa shape index (κ3) is 4.74. The van der Waals surface area contributed by atoms with Crippen LogP contribution in [0, 0.1) is 13.8 Å². The Kier molecular flexibility index (Phi) is 6.44. The first-order valence-electron chi connectivity index (χ1n) is 9.90. The van der Waals surface area contributed by atoms with E-state index in [1.807, 2.05) is 43.6 Å². The fourth-order valence-corrected chi connectivity index (χ4v) is 5.33. The standard InChI is InChI=1S/C20H31N3O4S/c1-15-5-6-19(11-16(15)2)28(25,26)23-9-7-21(8-10-23)14-20(24)22-12-17(3)27-18(4)13-22/h5-6,11,17-18H,7-10,12-14H2,1-4H3/t17-,18-/m1/s1. The summed E-state index contributed by atoms with van der Waals surface area (Å²) in [6, 6.07) is 5.26. The molecule has 2 aliphatic rings. The van der Waals surface area contributed by atoms with Gasteiger partial charge in [0.05, 0.1) is 23.6 Å². The predicted molar refractivity (Wildman–Crippen MR) is 108 cm³/mol. The fourth-order valence-electron chi connectivity index (χ4n) is 3.82. The number of hydrogen-bond acceptors (Lipinski definition) is 5. The molecule has 0 unspecified atom stereocenters. The van der Waals surface area contributed by atoms with Gasteiger partial charge in [-0.15, -0.1) is 0 Å². The van der Waals surface area contributed by atoms with Gasteiger partial charge in [-0.05, 0) is 51.0 Å². The number of aryl methyl sites for hydroxylation is 2. The first-order chi connectivity index (χ1) is 13.2. The summed E-state index contributed by atoms with van der Waals surface area (Å²) >= 11 is 0. The van der Waals surface area contributed by atoms with Gasteiger partial charge in [0.2, 0.25) is 15.9 Å². The molecule has 0 saturated carbocycles. The van der Waals surface area contributed by atoms with E-state index in [4.69, 9.17) is 4.74 Å². The van der Waals surface area contributed by atoms with Crippen molar-refractivity contribution in [1.82, 2.24) is 14.1 Å². The molecule has 0 bridgehead atoms. The van der Waals surface area contributed by atoms with Crippen LogP contribution >= 0.6 is 0 Å². The summed E-state index contributed by atoms with van der Waals surface area (Å²) in [5.74, 6) is 0.0902. The van der Waals surface area contributed by atoms with E-state index >= 15 is 0 Å². The first-order valence-corrected chi connectivity index (χ1v) is 11.3. The van der Waals surface area contributed by atoms with E-state index in [1.54, 1.807) is 12.1 Å². The zero-order valence-electron chi connectivity index (χ0n) is 17.2. The zero-order valence-corrected chi connectivity index (χ0v) is 18.0. The summed E-state index contributed by atoms with van der Waals surface area (Å²) in [4.78, 5) is 16.9. The molecule has 2 heterocycles. The Hall–Kier alpha value is -1.48. The summed E-state index contributed by atoms with van der Waals surface area (Å²) < 4.78 is 33.0. The van der Waals surface area contributed by atoms with E-state index in [9.17, 15) is 13.2 Å². The van der Waals surface area contributed by atoms with Crippen LogP contribution in [0.25, 0.3) is 0 Å².